The van der Waals surface area contributed by atoms with E-state index in [1.165, 1.54) is 12.8 Å². The molecule has 9 heteroatoms. The molecule has 0 saturated carbocycles. The molecule has 3 aromatic rings. The molecule has 3 atom stereocenters. The van der Waals surface area contributed by atoms with Crippen LogP contribution in [0.5, 0.6) is 5.75 Å². The van der Waals surface area contributed by atoms with Crippen molar-refractivity contribution in [2.75, 3.05) is 24.5 Å². The summed E-state index contributed by atoms with van der Waals surface area (Å²) in [4.78, 5) is 6.76. The first kappa shape index (κ1) is 20.6. The third-order valence-electron chi connectivity index (χ3n) is 7.21. The topological polar surface area (TPSA) is 112 Å². The quantitative estimate of drug-likeness (QED) is 0.529. The highest BCUT2D eigenvalue weighted by atomic mass is 16.5. The number of phenols is 1. The van der Waals surface area contributed by atoms with Crippen LogP contribution >= 0.6 is 0 Å². The molecule has 0 radical (unpaired) electrons. The van der Waals surface area contributed by atoms with Crippen molar-refractivity contribution in [3.8, 4) is 28.1 Å². The average molecular weight is 448 g/mol. The maximum atomic E-state index is 10.5. The largest absolute Gasteiger partial charge is 0.507 e. The summed E-state index contributed by atoms with van der Waals surface area (Å²) in [6.07, 6.45) is 12.0. The molecular weight excluding hydrogens is 418 g/mol. The van der Waals surface area contributed by atoms with Crippen LogP contribution in [0.15, 0.2) is 36.8 Å². The van der Waals surface area contributed by atoms with E-state index in [9.17, 15) is 5.11 Å². The fraction of sp³-hybridized carbons (Fsp3) is 0.500. The zero-order chi connectivity index (χ0) is 22.2. The van der Waals surface area contributed by atoms with E-state index in [1.54, 1.807) is 24.7 Å². The molecular formula is C24H29N7O2. The summed E-state index contributed by atoms with van der Waals surface area (Å²) in [6, 6.07) is 6.06. The first-order valence-corrected chi connectivity index (χ1v) is 11.9. The highest BCUT2D eigenvalue weighted by Crippen LogP contribution is 2.33. The van der Waals surface area contributed by atoms with E-state index in [0.717, 1.165) is 50.0 Å². The number of hydrogen-bond acceptors (Lipinski definition) is 8. The summed E-state index contributed by atoms with van der Waals surface area (Å²) in [7, 11) is 0. The number of nitrogens with one attached hydrogen (secondary N) is 2. The van der Waals surface area contributed by atoms with E-state index in [-0.39, 0.29) is 5.75 Å². The summed E-state index contributed by atoms with van der Waals surface area (Å²) in [5.41, 5.74) is 2.97. The summed E-state index contributed by atoms with van der Waals surface area (Å²) < 4.78 is 5.95. The molecule has 172 valence electrons. The predicted molar refractivity (Wildman–Crippen MR) is 124 cm³/mol. The Balaban J connectivity index is 1.06. The van der Waals surface area contributed by atoms with Gasteiger partial charge in [-0.3, -0.25) is 5.10 Å². The zero-order valence-corrected chi connectivity index (χ0v) is 18.5. The van der Waals surface area contributed by atoms with Crippen LogP contribution in [0.25, 0.3) is 22.4 Å². The second-order valence-electron chi connectivity index (χ2n) is 9.50. The number of H-pyrrole nitrogens is 1. The van der Waals surface area contributed by atoms with Gasteiger partial charge < -0.3 is 20.1 Å². The lowest BCUT2D eigenvalue weighted by atomic mass is 10.0. The Morgan fingerprint density at radius 1 is 1.09 bits per heavy atom. The molecule has 3 fully saturated rings. The Morgan fingerprint density at radius 3 is 2.70 bits per heavy atom. The molecule has 0 spiro atoms. The lowest BCUT2D eigenvalue weighted by Gasteiger charge is -2.30. The Morgan fingerprint density at radius 2 is 1.97 bits per heavy atom. The molecule has 0 amide bonds. The number of benzene rings is 1. The number of nitrogens with zero attached hydrogens (tertiary/aromatic N) is 5. The van der Waals surface area contributed by atoms with Gasteiger partial charge in [-0.15, -0.1) is 10.2 Å². The minimum absolute atomic E-state index is 0.145. The first-order valence-electron chi connectivity index (χ1n) is 11.9. The van der Waals surface area contributed by atoms with Gasteiger partial charge in [0, 0.05) is 36.5 Å². The number of aromatic hydroxyl groups is 1. The van der Waals surface area contributed by atoms with Crippen LogP contribution in [0, 0.1) is 5.92 Å². The van der Waals surface area contributed by atoms with Crippen LogP contribution in [0.4, 0.5) is 5.95 Å². The number of hydrogen-bond donors (Lipinski definition) is 3. The van der Waals surface area contributed by atoms with Gasteiger partial charge in [-0.1, -0.05) is 6.07 Å². The van der Waals surface area contributed by atoms with E-state index in [4.69, 9.17) is 4.74 Å². The maximum absolute atomic E-state index is 10.5. The second kappa shape index (κ2) is 8.72. The number of aromatic nitrogens is 5. The molecule has 3 aliphatic heterocycles. The normalized spacial score (nSPS) is 26.7. The smallest absolute Gasteiger partial charge is 0.245 e. The van der Waals surface area contributed by atoms with E-state index < -0.39 is 0 Å². The van der Waals surface area contributed by atoms with Crippen molar-refractivity contribution in [1.29, 1.82) is 0 Å². The molecule has 5 heterocycles. The molecule has 2 aromatic heterocycles. The monoisotopic (exact) mass is 447 g/mol. The molecule has 3 N–H and O–H groups in total. The second-order valence-corrected chi connectivity index (χ2v) is 9.50. The Labute approximate surface area is 192 Å². The number of aromatic amines is 1. The molecule has 3 unspecified atom stereocenters. The lowest BCUT2D eigenvalue weighted by molar-refractivity contribution is -0.00904. The molecule has 0 aliphatic carbocycles. The highest BCUT2D eigenvalue weighted by molar-refractivity contribution is 5.73. The van der Waals surface area contributed by atoms with Crippen LogP contribution in [0.2, 0.25) is 0 Å². The lowest BCUT2D eigenvalue weighted by Crippen LogP contribution is -2.41. The zero-order valence-electron chi connectivity index (χ0n) is 18.5. The fourth-order valence-corrected chi connectivity index (χ4v) is 5.41. The van der Waals surface area contributed by atoms with Crippen molar-refractivity contribution in [3.05, 3.63) is 36.8 Å². The number of anilines is 1. The minimum Gasteiger partial charge on any atom is -0.507 e. The minimum atomic E-state index is 0.145. The summed E-state index contributed by atoms with van der Waals surface area (Å²) in [5.74, 6) is 1.39. The van der Waals surface area contributed by atoms with Crippen LogP contribution in [0.1, 0.15) is 32.1 Å². The molecule has 33 heavy (non-hydrogen) atoms. The van der Waals surface area contributed by atoms with Gasteiger partial charge in [0.15, 0.2) is 0 Å². The molecule has 6 rings (SSSR count). The van der Waals surface area contributed by atoms with Gasteiger partial charge >= 0.3 is 0 Å². The van der Waals surface area contributed by atoms with Gasteiger partial charge in [-0.2, -0.15) is 5.10 Å². The average Bonchev–Trinajstić information content (AvgIpc) is 3.60. The maximum Gasteiger partial charge on any atom is 0.245 e. The first-order chi connectivity index (χ1) is 16.2. The molecule has 3 saturated heterocycles. The van der Waals surface area contributed by atoms with E-state index in [2.05, 4.69) is 35.6 Å². The van der Waals surface area contributed by atoms with Crippen molar-refractivity contribution in [1.82, 2.24) is 30.7 Å². The Bertz CT molecular complexity index is 1080. The van der Waals surface area contributed by atoms with Crippen LogP contribution in [-0.4, -0.2) is 68.4 Å². The van der Waals surface area contributed by atoms with Crippen molar-refractivity contribution >= 4 is 5.95 Å². The van der Waals surface area contributed by atoms with Gasteiger partial charge in [0.2, 0.25) is 5.95 Å². The van der Waals surface area contributed by atoms with Crippen molar-refractivity contribution in [2.24, 2.45) is 5.92 Å². The van der Waals surface area contributed by atoms with E-state index >= 15 is 0 Å². The highest BCUT2D eigenvalue weighted by Gasteiger charge is 2.35. The summed E-state index contributed by atoms with van der Waals surface area (Å²) >= 11 is 0. The van der Waals surface area contributed by atoms with Crippen LogP contribution < -0.4 is 10.2 Å². The number of ether oxygens (including phenoxy) is 1. The van der Waals surface area contributed by atoms with E-state index in [1.807, 2.05) is 12.1 Å². The number of rotatable bonds is 6. The Kier molecular flexibility index (Phi) is 5.43. The van der Waals surface area contributed by atoms with Gasteiger partial charge in [0.05, 0.1) is 24.6 Å². The number of fused-ring (bicyclic) bond motifs is 2. The molecule has 9 nitrogen and oxygen atoms in total. The molecule has 3 aliphatic rings. The SMILES string of the molecule is Oc1cc(-c2cn[nH]c2)ccc1-c1cnc(N2CCC(CNC3CC4CCC(C3)O4)C2)nn1. The van der Waals surface area contributed by atoms with Crippen molar-refractivity contribution in [3.63, 3.8) is 0 Å². The van der Waals surface area contributed by atoms with Crippen LogP contribution in [-0.2, 0) is 4.74 Å². The van der Waals surface area contributed by atoms with Crippen molar-refractivity contribution in [2.45, 2.75) is 50.4 Å². The third-order valence-corrected chi connectivity index (χ3v) is 7.21. The summed E-state index contributed by atoms with van der Waals surface area (Å²) in [6.45, 7) is 2.91. The van der Waals surface area contributed by atoms with Crippen molar-refractivity contribution < 1.29 is 9.84 Å². The van der Waals surface area contributed by atoms with Gasteiger partial charge in [-0.25, -0.2) is 4.98 Å². The Hall–Kier alpha value is -3.04. The van der Waals surface area contributed by atoms with E-state index in [0.29, 0.717) is 41.4 Å². The van der Waals surface area contributed by atoms with Crippen LogP contribution in [0.3, 0.4) is 0 Å². The predicted octanol–water partition coefficient (Wildman–Crippen LogP) is 2.76. The van der Waals surface area contributed by atoms with Gasteiger partial charge in [0.25, 0.3) is 0 Å². The standard InChI is InChI=1S/C24H29N7O2/c32-23-7-16(17-11-27-28-12-17)1-4-21(23)22-13-26-24(30-29-22)31-6-5-15(14-31)10-25-18-8-19-2-3-20(9-18)33-19/h1,4,7,11-13,15,18-20,25,32H,2-3,5-6,8-10,14H2,(H,27,28). The fourth-order valence-electron chi connectivity index (χ4n) is 5.41. The van der Waals surface area contributed by atoms with Gasteiger partial charge in [-0.05, 0) is 62.3 Å². The summed E-state index contributed by atoms with van der Waals surface area (Å²) in [5, 5.41) is 29.8. The van der Waals surface area contributed by atoms with Gasteiger partial charge in [0.1, 0.15) is 11.4 Å². The third kappa shape index (κ3) is 4.30. The number of phenolic OH excluding ortho intramolecular Hbond substituents is 1. The molecule has 2 bridgehead atoms. The molecule has 1 aromatic carbocycles.